The molecule has 138 valence electrons. The van der Waals surface area contributed by atoms with E-state index in [2.05, 4.69) is 15.4 Å². The predicted octanol–water partition coefficient (Wildman–Crippen LogP) is 1.98. The Kier molecular flexibility index (Phi) is 4.61. The first-order valence-electron chi connectivity index (χ1n) is 8.46. The monoisotopic (exact) mass is 366 g/mol. The van der Waals surface area contributed by atoms with E-state index in [0.29, 0.717) is 48.4 Å². The second-order valence-electron chi connectivity index (χ2n) is 5.82. The lowest BCUT2D eigenvalue weighted by Crippen LogP contribution is -2.24. The molecule has 1 aliphatic rings. The summed E-state index contributed by atoms with van der Waals surface area (Å²) in [5.41, 5.74) is 1.28. The molecule has 1 amide bonds. The molecule has 0 spiro atoms. The van der Waals surface area contributed by atoms with Crippen molar-refractivity contribution in [3.63, 3.8) is 0 Å². The number of aromatic nitrogens is 3. The number of amides is 1. The number of carbonyl (C=O) groups is 1. The molecule has 0 atom stereocenters. The lowest BCUT2D eigenvalue weighted by Gasteiger charge is -2.21. The maximum absolute atomic E-state index is 12.7. The van der Waals surface area contributed by atoms with Gasteiger partial charge in [0, 0.05) is 36.3 Å². The Morgan fingerprint density at radius 1 is 1.26 bits per heavy atom. The van der Waals surface area contributed by atoms with Crippen molar-refractivity contribution in [2.45, 2.75) is 6.54 Å². The summed E-state index contributed by atoms with van der Waals surface area (Å²) in [4.78, 5) is 17.0. The van der Waals surface area contributed by atoms with Crippen LogP contribution in [-0.2, 0) is 6.54 Å². The molecule has 8 nitrogen and oxygen atoms in total. The van der Waals surface area contributed by atoms with E-state index in [1.807, 2.05) is 18.2 Å². The molecule has 1 aromatic carbocycles. The van der Waals surface area contributed by atoms with Crippen LogP contribution in [0.25, 0.3) is 5.82 Å². The Hall–Kier alpha value is -3.55. The van der Waals surface area contributed by atoms with Crippen molar-refractivity contribution in [3.05, 3.63) is 60.0 Å². The van der Waals surface area contributed by atoms with E-state index in [1.54, 1.807) is 35.4 Å². The standard InChI is InChI=1S/C19H18N4O4/c1-25-15-10-14(11-16-17(15)27-9-8-26-16)19(24)21-12-13-4-2-5-20-18(13)23-7-3-6-22-23/h2-7,10-11H,8-9,12H2,1H3,(H,21,24). The van der Waals surface area contributed by atoms with Crippen molar-refractivity contribution in [2.75, 3.05) is 20.3 Å². The highest BCUT2D eigenvalue weighted by molar-refractivity contribution is 5.95. The van der Waals surface area contributed by atoms with Crippen molar-refractivity contribution >= 4 is 5.91 Å². The Labute approximate surface area is 155 Å². The molecule has 3 heterocycles. The quantitative estimate of drug-likeness (QED) is 0.743. The summed E-state index contributed by atoms with van der Waals surface area (Å²) in [7, 11) is 1.53. The van der Waals surface area contributed by atoms with Gasteiger partial charge >= 0.3 is 0 Å². The minimum atomic E-state index is -0.249. The molecule has 0 aliphatic carbocycles. The normalized spacial score (nSPS) is 12.5. The van der Waals surface area contributed by atoms with Crippen LogP contribution in [0.15, 0.2) is 48.9 Å². The van der Waals surface area contributed by atoms with E-state index in [1.165, 1.54) is 7.11 Å². The Balaban J connectivity index is 1.54. The first kappa shape index (κ1) is 16.9. The lowest BCUT2D eigenvalue weighted by molar-refractivity contribution is 0.0949. The number of pyridine rings is 1. The zero-order chi connectivity index (χ0) is 18.6. The number of ether oxygens (including phenoxy) is 3. The second kappa shape index (κ2) is 7.36. The third-order valence-electron chi connectivity index (χ3n) is 4.12. The maximum Gasteiger partial charge on any atom is 0.251 e. The zero-order valence-corrected chi connectivity index (χ0v) is 14.7. The molecule has 2 aromatic heterocycles. The molecule has 0 bridgehead atoms. The van der Waals surface area contributed by atoms with Crippen LogP contribution in [0.2, 0.25) is 0 Å². The van der Waals surface area contributed by atoms with E-state index in [4.69, 9.17) is 14.2 Å². The molecular weight excluding hydrogens is 348 g/mol. The highest BCUT2D eigenvalue weighted by atomic mass is 16.6. The summed E-state index contributed by atoms with van der Waals surface area (Å²) < 4.78 is 18.1. The highest BCUT2D eigenvalue weighted by Gasteiger charge is 2.21. The Bertz CT molecular complexity index is 939. The highest BCUT2D eigenvalue weighted by Crippen LogP contribution is 2.40. The summed E-state index contributed by atoms with van der Waals surface area (Å²) >= 11 is 0. The summed E-state index contributed by atoms with van der Waals surface area (Å²) in [5, 5.41) is 7.10. The summed E-state index contributed by atoms with van der Waals surface area (Å²) in [6.07, 6.45) is 5.17. The average molecular weight is 366 g/mol. The summed E-state index contributed by atoms with van der Waals surface area (Å²) in [6, 6.07) is 8.83. The predicted molar refractivity (Wildman–Crippen MR) is 96.5 cm³/mol. The second-order valence-corrected chi connectivity index (χ2v) is 5.82. The molecule has 27 heavy (non-hydrogen) atoms. The smallest absolute Gasteiger partial charge is 0.251 e. The van der Waals surface area contributed by atoms with Gasteiger partial charge in [-0.25, -0.2) is 9.67 Å². The van der Waals surface area contributed by atoms with E-state index >= 15 is 0 Å². The van der Waals surface area contributed by atoms with Crippen molar-refractivity contribution in [2.24, 2.45) is 0 Å². The number of nitrogens with zero attached hydrogens (tertiary/aromatic N) is 3. The number of rotatable bonds is 5. The first-order valence-corrected chi connectivity index (χ1v) is 8.46. The molecule has 0 radical (unpaired) electrons. The van der Waals surface area contributed by atoms with Gasteiger partial charge in [-0.05, 0) is 24.3 Å². The number of fused-ring (bicyclic) bond motifs is 1. The van der Waals surface area contributed by atoms with Crippen LogP contribution in [0, 0.1) is 0 Å². The number of nitrogens with one attached hydrogen (secondary N) is 1. The topological polar surface area (TPSA) is 87.5 Å². The van der Waals surface area contributed by atoms with Gasteiger partial charge in [-0.2, -0.15) is 5.10 Å². The van der Waals surface area contributed by atoms with Crippen molar-refractivity contribution in [1.29, 1.82) is 0 Å². The Morgan fingerprint density at radius 2 is 2.15 bits per heavy atom. The zero-order valence-electron chi connectivity index (χ0n) is 14.7. The summed E-state index contributed by atoms with van der Waals surface area (Å²) in [5.74, 6) is 1.91. The third kappa shape index (κ3) is 3.41. The van der Waals surface area contributed by atoms with Gasteiger partial charge in [0.2, 0.25) is 5.75 Å². The number of carbonyl (C=O) groups excluding carboxylic acids is 1. The van der Waals surface area contributed by atoms with Crippen LogP contribution >= 0.6 is 0 Å². The van der Waals surface area contributed by atoms with Gasteiger partial charge in [0.15, 0.2) is 17.3 Å². The first-order chi connectivity index (χ1) is 13.3. The molecule has 0 unspecified atom stereocenters. The van der Waals surface area contributed by atoms with Gasteiger partial charge in [0.25, 0.3) is 5.91 Å². The molecule has 0 saturated heterocycles. The average Bonchev–Trinajstić information content (AvgIpc) is 3.26. The van der Waals surface area contributed by atoms with Crippen molar-refractivity contribution in [3.8, 4) is 23.1 Å². The number of methoxy groups -OCH3 is 1. The van der Waals surface area contributed by atoms with Gasteiger partial charge in [0.1, 0.15) is 13.2 Å². The molecule has 4 rings (SSSR count). The van der Waals surface area contributed by atoms with E-state index < -0.39 is 0 Å². The molecule has 0 fully saturated rings. The van der Waals surface area contributed by atoms with Crippen LogP contribution in [-0.4, -0.2) is 41.0 Å². The maximum atomic E-state index is 12.7. The van der Waals surface area contributed by atoms with Crippen LogP contribution in [0.1, 0.15) is 15.9 Å². The summed E-state index contributed by atoms with van der Waals surface area (Å²) in [6.45, 7) is 1.19. The van der Waals surface area contributed by atoms with E-state index in [9.17, 15) is 4.79 Å². The van der Waals surface area contributed by atoms with Gasteiger partial charge in [-0.15, -0.1) is 0 Å². The molecule has 1 N–H and O–H groups in total. The molecule has 1 aliphatic heterocycles. The largest absolute Gasteiger partial charge is 0.493 e. The van der Waals surface area contributed by atoms with Crippen molar-refractivity contribution < 1.29 is 19.0 Å². The Morgan fingerprint density at radius 3 is 2.96 bits per heavy atom. The minimum Gasteiger partial charge on any atom is -0.493 e. The minimum absolute atomic E-state index is 0.249. The molecule has 0 saturated carbocycles. The molecule has 3 aromatic rings. The number of hydrogen-bond acceptors (Lipinski definition) is 6. The van der Waals surface area contributed by atoms with Crippen LogP contribution in [0.4, 0.5) is 0 Å². The number of benzene rings is 1. The van der Waals surface area contributed by atoms with Crippen LogP contribution < -0.4 is 19.5 Å². The molecule has 8 heteroatoms. The van der Waals surface area contributed by atoms with Crippen LogP contribution in [0.5, 0.6) is 17.2 Å². The van der Waals surface area contributed by atoms with Gasteiger partial charge in [-0.3, -0.25) is 4.79 Å². The fourth-order valence-electron chi connectivity index (χ4n) is 2.85. The van der Waals surface area contributed by atoms with Crippen LogP contribution in [0.3, 0.4) is 0 Å². The van der Waals surface area contributed by atoms with Crippen molar-refractivity contribution in [1.82, 2.24) is 20.1 Å². The fourth-order valence-corrected chi connectivity index (χ4v) is 2.85. The lowest BCUT2D eigenvalue weighted by atomic mass is 10.1. The van der Waals surface area contributed by atoms with Gasteiger partial charge in [0.05, 0.1) is 7.11 Å². The number of hydrogen-bond donors (Lipinski definition) is 1. The van der Waals surface area contributed by atoms with E-state index in [-0.39, 0.29) is 5.91 Å². The fraction of sp³-hybridized carbons (Fsp3) is 0.211. The van der Waals surface area contributed by atoms with E-state index in [0.717, 1.165) is 5.56 Å². The van der Waals surface area contributed by atoms with Gasteiger partial charge < -0.3 is 19.5 Å². The SMILES string of the molecule is COc1cc(C(=O)NCc2cccnc2-n2cccn2)cc2c1OCCO2. The molecular formula is C19H18N4O4. The third-order valence-corrected chi connectivity index (χ3v) is 4.12. The van der Waals surface area contributed by atoms with Gasteiger partial charge in [-0.1, -0.05) is 6.07 Å².